The van der Waals surface area contributed by atoms with E-state index in [2.05, 4.69) is 27.8 Å². The number of anilines is 1. The first kappa shape index (κ1) is 28.1. The second kappa shape index (κ2) is 15.9. The number of nitrogens with zero attached hydrogens (tertiary/aromatic N) is 1. The molecule has 0 saturated carbocycles. The molecule has 0 aromatic heterocycles. The van der Waals surface area contributed by atoms with E-state index < -0.39 is 0 Å². The minimum Gasteiger partial charge on any atom is -0.495 e. The van der Waals surface area contributed by atoms with E-state index in [0.717, 1.165) is 22.7 Å². The molecule has 1 unspecified atom stereocenters. The maximum Gasteiger partial charge on any atom is 0.154 e. The number of hydrogen-bond acceptors (Lipinski definition) is 6. The lowest BCUT2D eigenvalue weighted by atomic mass is 10.2. The van der Waals surface area contributed by atoms with Gasteiger partial charge < -0.3 is 21.1 Å². The zero-order valence-electron chi connectivity index (χ0n) is 19.5. The first-order valence-electron chi connectivity index (χ1n) is 10.0. The van der Waals surface area contributed by atoms with Crippen LogP contribution < -0.4 is 21.1 Å². The summed E-state index contributed by atoms with van der Waals surface area (Å²) < 4.78 is 18.5. The molecule has 1 rings (SSSR count). The van der Waals surface area contributed by atoms with E-state index in [-0.39, 0.29) is 17.8 Å². The summed E-state index contributed by atoms with van der Waals surface area (Å²) in [6.07, 6.45) is 5.84. The summed E-state index contributed by atoms with van der Waals surface area (Å²) in [5, 5.41) is 6.66. The van der Waals surface area contributed by atoms with Crippen LogP contribution in [0.4, 0.5) is 10.1 Å². The Morgan fingerprint density at radius 2 is 1.94 bits per heavy atom. The number of nitrogens with two attached hydrogens (primary N) is 1. The number of benzene rings is 1. The van der Waals surface area contributed by atoms with Gasteiger partial charge in [0.05, 0.1) is 25.5 Å². The van der Waals surface area contributed by atoms with Gasteiger partial charge in [-0.25, -0.2) is 4.39 Å². The number of methoxy groups -OCH3 is 1. The largest absolute Gasteiger partial charge is 0.495 e. The molecule has 0 fully saturated rings. The number of para-hydroxylation sites is 2. The first-order valence-corrected chi connectivity index (χ1v) is 10.0. The van der Waals surface area contributed by atoms with E-state index >= 15 is 0 Å². The van der Waals surface area contributed by atoms with E-state index in [9.17, 15) is 9.18 Å². The number of ketones is 1. The maximum absolute atomic E-state index is 13.2. The van der Waals surface area contributed by atoms with Gasteiger partial charge >= 0.3 is 0 Å². The molecule has 0 saturated heterocycles. The quantitative estimate of drug-likeness (QED) is 0.263. The standard InChI is InChI=1S/C23H32FN3O2.CH5N/c1-7-20(24)13-12-17(2)16-27(5)19(4)26-21(14-18(3)28)15-25-22-10-8-9-11-23(22)29-6;1-2/h7-14,19,25-26H,1,15-16H2,2-6H3;2H2,1H3/b17-12+,20-13+,21-14-;. The number of hydrogen-bond donors (Lipinski definition) is 3. The SMILES string of the molecule is C=C/C(F)=C\C=C(/C)CN(C)C(C)N/C(=C\C(C)=O)CNc1ccccc1OC.CN. The molecule has 0 amide bonds. The van der Waals surface area contributed by atoms with Crippen LogP contribution in [0, 0.1) is 0 Å². The van der Waals surface area contributed by atoms with E-state index in [0.29, 0.717) is 13.1 Å². The number of likely N-dealkylation sites (N-methyl/N-ethyl adjacent to an activating group) is 1. The van der Waals surface area contributed by atoms with Crippen molar-refractivity contribution in [2.45, 2.75) is 26.9 Å². The summed E-state index contributed by atoms with van der Waals surface area (Å²) in [7, 11) is 5.08. The molecule has 1 aromatic carbocycles. The minimum atomic E-state index is -0.368. The van der Waals surface area contributed by atoms with Crippen molar-refractivity contribution in [3.05, 3.63) is 72.2 Å². The molecule has 0 bridgehead atoms. The second-order valence-electron chi connectivity index (χ2n) is 6.84. The fraction of sp³-hybridized carbons (Fsp3) is 0.375. The Balaban J connectivity index is 0.00000436. The Hall–Kier alpha value is -2.90. The molecule has 1 aromatic rings. The molecule has 172 valence electrons. The number of rotatable bonds is 12. The predicted octanol–water partition coefficient (Wildman–Crippen LogP) is 4.01. The third-order valence-corrected chi connectivity index (χ3v) is 4.23. The van der Waals surface area contributed by atoms with Crippen LogP contribution in [0.2, 0.25) is 0 Å². The van der Waals surface area contributed by atoms with E-state index in [1.54, 1.807) is 19.3 Å². The monoisotopic (exact) mass is 432 g/mol. The van der Waals surface area contributed by atoms with Crippen molar-refractivity contribution < 1.29 is 13.9 Å². The van der Waals surface area contributed by atoms with Gasteiger partial charge in [-0.05, 0) is 59.2 Å². The number of halogens is 1. The zero-order chi connectivity index (χ0) is 23.8. The molecule has 0 radical (unpaired) electrons. The van der Waals surface area contributed by atoms with E-state index in [1.807, 2.05) is 45.2 Å². The van der Waals surface area contributed by atoms with Crippen LogP contribution in [-0.4, -0.2) is 51.1 Å². The third-order valence-electron chi connectivity index (χ3n) is 4.23. The van der Waals surface area contributed by atoms with Crippen molar-refractivity contribution in [1.82, 2.24) is 10.2 Å². The topological polar surface area (TPSA) is 79.6 Å². The van der Waals surface area contributed by atoms with Gasteiger partial charge in [0.15, 0.2) is 5.78 Å². The zero-order valence-corrected chi connectivity index (χ0v) is 19.5. The number of carbonyl (C=O) groups is 1. The minimum absolute atomic E-state index is 0.0368. The summed E-state index contributed by atoms with van der Waals surface area (Å²) in [5.41, 5.74) is 7.12. The lowest BCUT2D eigenvalue weighted by Gasteiger charge is -2.28. The molecule has 7 heteroatoms. The molecule has 6 nitrogen and oxygen atoms in total. The van der Waals surface area contributed by atoms with Crippen molar-refractivity contribution in [1.29, 1.82) is 0 Å². The van der Waals surface area contributed by atoms with Gasteiger partial charge in [-0.15, -0.1) is 0 Å². The van der Waals surface area contributed by atoms with Crippen molar-refractivity contribution in [3.63, 3.8) is 0 Å². The maximum atomic E-state index is 13.2. The van der Waals surface area contributed by atoms with Crippen molar-refractivity contribution >= 4 is 11.5 Å². The Morgan fingerprint density at radius 1 is 1.29 bits per heavy atom. The van der Waals surface area contributed by atoms with Gasteiger partial charge in [0.2, 0.25) is 0 Å². The number of nitrogens with one attached hydrogen (secondary N) is 2. The van der Waals surface area contributed by atoms with Gasteiger partial charge in [-0.3, -0.25) is 9.69 Å². The highest BCUT2D eigenvalue weighted by Crippen LogP contribution is 2.23. The molecule has 0 spiro atoms. The average molecular weight is 433 g/mol. The van der Waals surface area contributed by atoms with Gasteiger partial charge in [-0.2, -0.15) is 0 Å². The lowest BCUT2D eigenvalue weighted by molar-refractivity contribution is -0.112. The molecule has 31 heavy (non-hydrogen) atoms. The number of carbonyl (C=O) groups excluding carboxylic acids is 1. The van der Waals surface area contributed by atoms with Crippen molar-refractivity contribution in [2.24, 2.45) is 5.73 Å². The molecule has 0 aliphatic heterocycles. The number of ether oxygens (including phenoxy) is 1. The van der Waals surface area contributed by atoms with Crippen LogP contribution in [0.25, 0.3) is 0 Å². The van der Waals surface area contributed by atoms with Crippen molar-refractivity contribution in [2.75, 3.05) is 39.6 Å². The Kier molecular flexibility index (Phi) is 14.4. The number of allylic oxidation sites excluding steroid dienone is 5. The van der Waals surface area contributed by atoms with Crippen LogP contribution in [0.5, 0.6) is 5.75 Å². The van der Waals surface area contributed by atoms with Gasteiger partial charge in [-0.1, -0.05) is 30.4 Å². The fourth-order valence-electron chi connectivity index (χ4n) is 2.62. The highest BCUT2D eigenvalue weighted by atomic mass is 19.1. The Bertz CT molecular complexity index is 788. The third kappa shape index (κ3) is 11.8. The normalized spacial score (nSPS) is 13.1. The molecule has 0 aliphatic carbocycles. The molecule has 1 atom stereocenters. The smallest absolute Gasteiger partial charge is 0.154 e. The molecular formula is C24H37FN4O2. The Morgan fingerprint density at radius 3 is 2.52 bits per heavy atom. The molecule has 0 aliphatic rings. The predicted molar refractivity (Wildman–Crippen MR) is 129 cm³/mol. The van der Waals surface area contributed by atoms with Crippen LogP contribution >= 0.6 is 0 Å². The van der Waals surface area contributed by atoms with Crippen LogP contribution in [0.3, 0.4) is 0 Å². The fourth-order valence-corrected chi connectivity index (χ4v) is 2.62. The summed E-state index contributed by atoms with van der Waals surface area (Å²) in [5.74, 6) is 0.331. The van der Waals surface area contributed by atoms with E-state index in [4.69, 9.17) is 4.74 Å². The van der Waals surface area contributed by atoms with Crippen LogP contribution in [0.1, 0.15) is 20.8 Å². The van der Waals surface area contributed by atoms with Gasteiger partial charge in [0.1, 0.15) is 11.6 Å². The van der Waals surface area contributed by atoms with E-state index in [1.165, 1.54) is 26.1 Å². The Labute approximate surface area is 186 Å². The molecular weight excluding hydrogens is 395 g/mol. The summed E-state index contributed by atoms with van der Waals surface area (Å²) in [6, 6.07) is 7.61. The van der Waals surface area contributed by atoms with Gasteiger partial charge in [0, 0.05) is 18.3 Å². The summed E-state index contributed by atoms with van der Waals surface area (Å²) in [4.78, 5) is 13.7. The lowest BCUT2D eigenvalue weighted by Crippen LogP contribution is -2.42. The molecule has 4 N–H and O–H groups in total. The van der Waals surface area contributed by atoms with Crippen LogP contribution in [-0.2, 0) is 4.79 Å². The van der Waals surface area contributed by atoms with Crippen LogP contribution in [0.15, 0.2) is 72.2 Å². The summed E-state index contributed by atoms with van der Waals surface area (Å²) in [6.45, 7) is 9.94. The van der Waals surface area contributed by atoms with Gasteiger partial charge in [0.25, 0.3) is 0 Å². The van der Waals surface area contributed by atoms with Crippen molar-refractivity contribution in [3.8, 4) is 5.75 Å². The molecule has 0 heterocycles. The average Bonchev–Trinajstić information content (AvgIpc) is 2.76. The highest BCUT2D eigenvalue weighted by Gasteiger charge is 2.12. The second-order valence-corrected chi connectivity index (χ2v) is 6.84. The first-order chi connectivity index (χ1) is 14.8. The highest BCUT2D eigenvalue weighted by molar-refractivity contribution is 5.88. The summed E-state index contributed by atoms with van der Waals surface area (Å²) >= 11 is 0.